The predicted molar refractivity (Wildman–Crippen MR) is 81.2 cm³/mol. The molecule has 0 amide bonds. The lowest BCUT2D eigenvalue weighted by atomic mass is 9.98. The quantitative estimate of drug-likeness (QED) is 0.575. The second-order valence-electron chi connectivity index (χ2n) is 5.52. The third-order valence-electron chi connectivity index (χ3n) is 3.84. The van der Waals surface area contributed by atoms with Crippen LogP contribution in [0.25, 0.3) is 0 Å². The normalized spacial score (nSPS) is 13.4. The van der Waals surface area contributed by atoms with Gasteiger partial charge in [0.2, 0.25) is 0 Å². The summed E-state index contributed by atoms with van der Waals surface area (Å²) in [6, 6.07) is 5.64. The Morgan fingerprint density at radius 3 is 2.05 bits per heavy atom. The van der Waals surface area contributed by atoms with Crippen molar-refractivity contribution in [3.8, 4) is 0 Å². The summed E-state index contributed by atoms with van der Waals surface area (Å²) in [4.78, 5) is 0. The SMILES string of the molecule is CCCCCCCC[C@H](NC)c1ccc(C(F)(F)F)cc1. The molecule has 1 rings (SSSR count). The van der Waals surface area contributed by atoms with Gasteiger partial charge in [-0.3, -0.25) is 0 Å². The van der Waals surface area contributed by atoms with Crippen LogP contribution in [0.5, 0.6) is 0 Å². The first-order valence-electron chi connectivity index (χ1n) is 7.83. The average Bonchev–Trinajstić information content (AvgIpc) is 2.46. The minimum atomic E-state index is -4.26. The fourth-order valence-electron chi connectivity index (χ4n) is 2.51. The van der Waals surface area contributed by atoms with Crippen molar-refractivity contribution < 1.29 is 13.2 Å². The number of alkyl halides is 3. The summed E-state index contributed by atoms with van der Waals surface area (Å²) in [7, 11) is 1.86. The van der Waals surface area contributed by atoms with E-state index in [4.69, 9.17) is 0 Å². The molecule has 0 radical (unpaired) electrons. The van der Waals surface area contributed by atoms with Crippen molar-refractivity contribution in [3.63, 3.8) is 0 Å². The van der Waals surface area contributed by atoms with E-state index in [-0.39, 0.29) is 6.04 Å². The maximum atomic E-state index is 12.5. The van der Waals surface area contributed by atoms with Crippen LogP contribution in [0.2, 0.25) is 0 Å². The average molecular weight is 301 g/mol. The highest BCUT2D eigenvalue weighted by molar-refractivity contribution is 5.26. The van der Waals surface area contributed by atoms with Crippen LogP contribution in [0.15, 0.2) is 24.3 Å². The van der Waals surface area contributed by atoms with Gasteiger partial charge in [0.1, 0.15) is 0 Å². The van der Waals surface area contributed by atoms with Crippen molar-refractivity contribution in [2.75, 3.05) is 7.05 Å². The zero-order chi connectivity index (χ0) is 15.7. The summed E-state index contributed by atoms with van der Waals surface area (Å²) in [5.74, 6) is 0. The third kappa shape index (κ3) is 6.51. The van der Waals surface area contributed by atoms with Gasteiger partial charge < -0.3 is 5.32 Å². The van der Waals surface area contributed by atoms with Crippen molar-refractivity contribution in [1.29, 1.82) is 0 Å². The van der Waals surface area contributed by atoms with E-state index in [1.54, 1.807) is 12.1 Å². The van der Waals surface area contributed by atoms with Crippen molar-refractivity contribution in [3.05, 3.63) is 35.4 Å². The van der Waals surface area contributed by atoms with Gasteiger partial charge in [-0.15, -0.1) is 0 Å². The molecule has 0 aliphatic carbocycles. The number of benzene rings is 1. The van der Waals surface area contributed by atoms with Gasteiger partial charge in [-0.2, -0.15) is 13.2 Å². The molecule has 4 heteroatoms. The van der Waals surface area contributed by atoms with E-state index >= 15 is 0 Å². The van der Waals surface area contributed by atoms with Crippen LogP contribution in [0.4, 0.5) is 13.2 Å². The number of halogens is 3. The van der Waals surface area contributed by atoms with Crippen molar-refractivity contribution in [2.24, 2.45) is 0 Å². The zero-order valence-electron chi connectivity index (χ0n) is 13.0. The second kappa shape index (κ2) is 9.08. The lowest BCUT2D eigenvalue weighted by Crippen LogP contribution is -2.16. The summed E-state index contributed by atoms with van der Waals surface area (Å²) in [5.41, 5.74) is 0.347. The van der Waals surface area contributed by atoms with Gasteiger partial charge >= 0.3 is 6.18 Å². The van der Waals surface area contributed by atoms with Crippen LogP contribution >= 0.6 is 0 Å². The lowest BCUT2D eigenvalue weighted by molar-refractivity contribution is -0.137. The monoisotopic (exact) mass is 301 g/mol. The Morgan fingerprint density at radius 1 is 0.952 bits per heavy atom. The first-order chi connectivity index (χ1) is 9.99. The molecule has 0 heterocycles. The lowest BCUT2D eigenvalue weighted by Gasteiger charge is -2.17. The molecule has 0 aromatic heterocycles. The van der Waals surface area contributed by atoms with Gasteiger partial charge in [-0.05, 0) is 31.2 Å². The predicted octanol–water partition coefficient (Wildman–Crippen LogP) is 5.72. The number of unbranched alkanes of at least 4 members (excludes halogenated alkanes) is 5. The Balaban J connectivity index is 2.45. The first-order valence-corrected chi connectivity index (χ1v) is 7.83. The molecule has 21 heavy (non-hydrogen) atoms. The maximum Gasteiger partial charge on any atom is 0.416 e. The molecule has 120 valence electrons. The zero-order valence-corrected chi connectivity index (χ0v) is 13.0. The number of hydrogen-bond donors (Lipinski definition) is 1. The third-order valence-corrected chi connectivity index (χ3v) is 3.84. The Labute approximate surface area is 125 Å². The number of rotatable bonds is 9. The van der Waals surface area contributed by atoms with Crippen molar-refractivity contribution in [1.82, 2.24) is 5.32 Å². The Bertz CT molecular complexity index is 384. The highest BCUT2D eigenvalue weighted by atomic mass is 19.4. The molecule has 0 unspecified atom stereocenters. The summed E-state index contributed by atoms with van der Waals surface area (Å²) < 4.78 is 37.6. The van der Waals surface area contributed by atoms with E-state index in [1.165, 1.54) is 44.2 Å². The fraction of sp³-hybridized carbons (Fsp3) is 0.647. The van der Waals surface area contributed by atoms with Crippen LogP contribution < -0.4 is 5.32 Å². The Kier molecular flexibility index (Phi) is 7.79. The van der Waals surface area contributed by atoms with E-state index in [1.807, 2.05) is 7.05 Å². The molecule has 1 N–H and O–H groups in total. The van der Waals surface area contributed by atoms with E-state index in [0.717, 1.165) is 18.4 Å². The van der Waals surface area contributed by atoms with Gasteiger partial charge in [0, 0.05) is 6.04 Å². The van der Waals surface area contributed by atoms with Crippen LogP contribution in [-0.2, 0) is 6.18 Å². The van der Waals surface area contributed by atoms with Gasteiger partial charge in [0.25, 0.3) is 0 Å². The van der Waals surface area contributed by atoms with E-state index in [9.17, 15) is 13.2 Å². The van der Waals surface area contributed by atoms with Gasteiger partial charge in [-0.25, -0.2) is 0 Å². The van der Waals surface area contributed by atoms with E-state index < -0.39 is 11.7 Å². The minimum Gasteiger partial charge on any atom is -0.313 e. The summed E-state index contributed by atoms with van der Waals surface area (Å²) in [6.45, 7) is 2.20. The Hall–Kier alpha value is -1.03. The van der Waals surface area contributed by atoms with Crippen LogP contribution in [-0.4, -0.2) is 7.05 Å². The van der Waals surface area contributed by atoms with Crippen molar-refractivity contribution >= 4 is 0 Å². The summed E-state index contributed by atoms with van der Waals surface area (Å²) in [6.07, 6.45) is 4.06. The van der Waals surface area contributed by atoms with E-state index in [0.29, 0.717) is 0 Å². The summed E-state index contributed by atoms with van der Waals surface area (Å²) >= 11 is 0. The molecule has 1 atom stereocenters. The smallest absolute Gasteiger partial charge is 0.313 e. The largest absolute Gasteiger partial charge is 0.416 e. The molecule has 0 aliphatic heterocycles. The highest BCUT2D eigenvalue weighted by Gasteiger charge is 2.30. The van der Waals surface area contributed by atoms with Crippen LogP contribution in [0.3, 0.4) is 0 Å². The molecule has 0 saturated heterocycles. The van der Waals surface area contributed by atoms with Gasteiger partial charge in [0.05, 0.1) is 5.56 Å². The topological polar surface area (TPSA) is 12.0 Å². The van der Waals surface area contributed by atoms with Gasteiger partial charge in [-0.1, -0.05) is 57.6 Å². The number of nitrogens with one attached hydrogen (secondary N) is 1. The first kappa shape index (κ1) is 18.0. The molecule has 0 bridgehead atoms. The van der Waals surface area contributed by atoms with Crippen molar-refractivity contribution in [2.45, 2.75) is 64.1 Å². The highest BCUT2D eigenvalue weighted by Crippen LogP contribution is 2.30. The minimum absolute atomic E-state index is 0.137. The molecule has 0 saturated carbocycles. The molecule has 0 fully saturated rings. The van der Waals surface area contributed by atoms with E-state index in [2.05, 4.69) is 12.2 Å². The molecule has 0 spiro atoms. The standard InChI is InChI=1S/C17H26F3N/c1-3-4-5-6-7-8-9-16(21-2)14-10-12-15(13-11-14)17(18,19)20/h10-13,16,21H,3-9H2,1-2H3/t16-/m0/s1. The number of hydrogen-bond acceptors (Lipinski definition) is 1. The van der Waals surface area contributed by atoms with Gasteiger partial charge in [0.15, 0.2) is 0 Å². The maximum absolute atomic E-state index is 12.5. The van der Waals surface area contributed by atoms with Crippen LogP contribution in [0, 0.1) is 0 Å². The molecule has 1 nitrogen and oxygen atoms in total. The fourth-order valence-corrected chi connectivity index (χ4v) is 2.51. The summed E-state index contributed by atoms with van der Waals surface area (Å²) in [5, 5.41) is 3.20. The molecular weight excluding hydrogens is 275 g/mol. The Morgan fingerprint density at radius 2 is 1.52 bits per heavy atom. The molecule has 0 aliphatic rings. The second-order valence-corrected chi connectivity index (χ2v) is 5.52. The molecule has 1 aromatic carbocycles. The molecular formula is C17H26F3N. The van der Waals surface area contributed by atoms with Crippen LogP contribution in [0.1, 0.15) is 69.0 Å². The molecule has 1 aromatic rings.